The van der Waals surface area contributed by atoms with E-state index in [1.807, 2.05) is 29.6 Å². The van der Waals surface area contributed by atoms with Crippen LogP contribution in [0.25, 0.3) is 9.75 Å². The van der Waals surface area contributed by atoms with E-state index in [4.69, 9.17) is 0 Å². The average molecular weight is 398 g/mol. The molecule has 0 aliphatic heterocycles. The predicted molar refractivity (Wildman–Crippen MR) is 100 cm³/mol. The Hall–Kier alpha value is -1.52. The minimum atomic E-state index is -3.73. The van der Waals surface area contributed by atoms with Gasteiger partial charge in [0.05, 0.1) is 11.4 Å². The van der Waals surface area contributed by atoms with Crippen molar-refractivity contribution in [1.82, 2.24) is 14.5 Å². The zero-order chi connectivity index (χ0) is 18.2. The summed E-state index contributed by atoms with van der Waals surface area (Å²) in [7, 11) is -2.02. The van der Waals surface area contributed by atoms with Crippen molar-refractivity contribution in [3.8, 4) is 9.75 Å². The fourth-order valence-electron chi connectivity index (χ4n) is 2.59. The summed E-state index contributed by atoms with van der Waals surface area (Å²) >= 11 is 3.09. The summed E-state index contributed by atoms with van der Waals surface area (Å²) in [5, 5.41) is 16.5. The van der Waals surface area contributed by atoms with Gasteiger partial charge in [0.15, 0.2) is 0 Å². The Morgan fingerprint density at radius 2 is 2.04 bits per heavy atom. The summed E-state index contributed by atoms with van der Waals surface area (Å²) in [5.74, 6) is 0. The van der Waals surface area contributed by atoms with Crippen LogP contribution < -0.4 is 4.72 Å². The molecule has 3 rings (SSSR count). The first-order valence-electron chi connectivity index (χ1n) is 7.61. The minimum Gasteiger partial charge on any atom is -0.386 e. The van der Waals surface area contributed by atoms with E-state index in [1.54, 1.807) is 32.2 Å². The van der Waals surface area contributed by atoms with E-state index < -0.39 is 16.1 Å². The zero-order valence-corrected chi connectivity index (χ0v) is 16.5. The molecule has 1 unspecified atom stereocenters. The summed E-state index contributed by atoms with van der Waals surface area (Å²) in [6.07, 6.45) is -0.897. The Bertz CT molecular complexity index is 972. The average Bonchev–Trinajstić information content (AvgIpc) is 3.26. The fraction of sp³-hybridized carbons (Fsp3) is 0.312. The van der Waals surface area contributed by atoms with Crippen LogP contribution in [0.15, 0.2) is 34.5 Å². The number of nitrogens with zero attached hydrogens (tertiary/aromatic N) is 2. The van der Waals surface area contributed by atoms with Gasteiger partial charge in [0, 0.05) is 28.2 Å². The van der Waals surface area contributed by atoms with Crippen LogP contribution in [0.5, 0.6) is 0 Å². The van der Waals surface area contributed by atoms with Crippen LogP contribution in [-0.4, -0.2) is 29.8 Å². The van der Waals surface area contributed by atoms with Gasteiger partial charge in [0.1, 0.15) is 11.0 Å². The zero-order valence-electron chi connectivity index (χ0n) is 14.1. The molecule has 3 heterocycles. The van der Waals surface area contributed by atoms with Gasteiger partial charge in [-0.3, -0.25) is 4.68 Å². The molecule has 3 aromatic heterocycles. The number of aliphatic hydroxyl groups is 1. The lowest BCUT2D eigenvalue weighted by molar-refractivity contribution is 0.186. The number of aliphatic hydroxyl groups excluding tert-OH is 1. The van der Waals surface area contributed by atoms with Crippen molar-refractivity contribution in [2.24, 2.45) is 7.05 Å². The van der Waals surface area contributed by atoms with Crippen molar-refractivity contribution in [3.05, 3.63) is 45.9 Å². The smallest absolute Gasteiger partial charge is 0.244 e. The van der Waals surface area contributed by atoms with E-state index in [1.165, 1.54) is 16.0 Å². The number of aromatic nitrogens is 2. The largest absolute Gasteiger partial charge is 0.386 e. The third-order valence-corrected chi connectivity index (χ3v) is 7.82. The highest BCUT2D eigenvalue weighted by Gasteiger charge is 2.25. The lowest BCUT2D eigenvalue weighted by atomic mass is 10.3. The molecule has 25 heavy (non-hydrogen) atoms. The van der Waals surface area contributed by atoms with Gasteiger partial charge in [0.25, 0.3) is 0 Å². The van der Waals surface area contributed by atoms with Crippen molar-refractivity contribution in [1.29, 1.82) is 0 Å². The van der Waals surface area contributed by atoms with Crippen molar-refractivity contribution in [3.63, 3.8) is 0 Å². The maximum Gasteiger partial charge on any atom is 0.244 e. The Balaban J connectivity index is 1.72. The first-order chi connectivity index (χ1) is 11.8. The quantitative estimate of drug-likeness (QED) is 0.670. The Morgan fingerprint density at radius 1 is 1.28 bits per heavy atom. The molecular formula is C16H19N3O3S3. The number of hydrogen-bond acceptors (Lipinski definition) is 6. The summed E-state index contributed by atoms with van der Waals surface area (Å²) < 4.78 is 29.1. The molecule has 6 nitrogen and oxygen atoms in total. The lowest BCUT2D eigenvalue weighted by Gasteiger charge is -2.11. The van der Waals surface area contributed by atoms with E-state index in [0.29, 0.717) is 11.4 Å². The van der Waals surface area contributed by atoms with Crippen molar-refractivity contribution in [2.45, 2.75) is 24.8 Å². The van der Waals surface area contributed by atoms with Gasteiger partial charge < -0.3 is 5.11 Å². The number of nitrogens with one attached hydrogen (secondary N) is 1. The molecular weight excluding hydrogens is 378 g/mol. The van der Waals surface area contributed by atoms with Crippen molar-refractivity contribution in [2.75, 3.05) is 6.54 Å². The normalized spacial score (nSPS) is 13.3. The minimum absolute atomic E-state index is 0.0828. The topological polar surface area (TPSA) is 84.2 Å². The van der Waals surface area contributed by atoms with Crippen LogP contribution in [0.1, 0.15) is 22.4 Å². The number of rotatable bonds is 6. The third kappa shape index (κ3) is 3.70. The summed E-state index contributed by atoms with van der Waals surface area (Å²) in [4.78, 5) is 3.09. The van der Waals surface area contributed by atoms with Gasteiger partial charge in [0.2, 0.25) is 10.0 Å². The molecule has 3 aromatic rings. The van der Waals surface area contributed by atoms with E-state index >= 15 is 0 Å². The molecule has 134 valence electrons. The molecule has 0 aliphatic carbocycles. The van der Waals surface area contributed by atoms with Crippen LogP contribution in [0.4, 0.5) is 0 Å². The molecule has 0 amide bonds. The fourth-order valence-corrected chi connectivity index (χ4v) is 5.89. The molecule has 0 fully saturated rings. The molecule has 0 saturated carbocycles. The van der Waals surface area contributed by atoms with E-state index in [0.717, 1.165) is 14.6 Å². The van der Waals surface area contributed by atoms with Gasteiger partial charge >= 0.3 is 0 Å². The lowest BCUT2D eigenvalue weighted by Crippen LogP contribution is -2.29. The molecule has 9 heteroatoms. The molecule has 0 spiro atoms. The maximum atomic E-state index is 12.5. The standard InChI is InChI=1S/C16H19N3O3S3/c1-10-16(11(2)19(3)18-10)25(21,22)17-9-12(20)13-6-7-15(24-13)14-5-4-8-23-14/h4-8,12,17,20H,9H2,1-3H3. The third-order valence-electron chi connectivity index (χ3n) is 3.90. The molecule has 0 aliphatic rings. The molecule has 2 N–H and O–H groups in total. The summed E-state index contributed by atoms with van der Waals surface area (Å²) in [6.45, 7) is 3.28. The number of aryl methyl sites for hydroxylation is 2. The Morgan fingerprint density at radius 3 is 2.64 bits per heavy atom. The van der Waals surface area contributed by atoms with Crippen molar-refractivity contribution >= 4 is 32.7 Å². The molecule has 0 radical (unpaired) electrons. The van der Waals surface area contributed by atoms with Crippen LogP contribution in [0.2, 0.25) is 0 Å². The van der Waals surface area contributed by atoms with Gasteiger partial charge in [-0.15, -0.1) is 22.7 Å². The van der Waals surface area contributed by atoms with E-state index in [9.17, 15) is 13.5 Å². The van der Waals surface area contributed by atoms with Crippen LogP contribution >= 0.6 is 22.7 Å². The van der Waals surface area contributed by atoms with Gasteiger partial charge in [-0.2, -0.15) is 5.10 Å². The van der Waals surface area contributed by atoms with Crippen LogP contribution in [0, 0.1) is 13.8 Å². The first kappa shape index (κ1) is 18.3. The molecule has 0 bridgehead atoms. The maximum absolute atomic E-state index is 12.5. The van der Waals surface area contributed by atoms with E-state index in [2.05, 4.69) is 9.82 Å². The Labute approximate surface area is 154 Å². The van der Waals surface area contributed by atoms with Crippen LogP contribution in [-0.2, 0) is 17.1 Å². The highest BCUT2D eigenvalue weighted by molar-refractivity contribution is 7.89. The van der Waals surface area contributed by atoms with Gasteiger partial charge in [-0.1, -0.05) is 6.07 Å². The van der Waals surface area contributed by atoms with E-state index in [-0.39, 0.29) is 11.4 Å². The second-order valence-corrected chi connectivity index (χ2v) is 9.44. The first-order valence-corrected chi connectivity index (χ1v) is 10.8. The van der Waals surface area contributed by atoms with Gasteiger partial charge in [-0.25, -0.2) is 13.1 Å². The highest BCUT2D eigenvalue weighted by atomic mass is 32.2. The summed E-state index contributed by atoms with van der Waals surface area (Å²) in [6, 6.07) is 7.77. The number of thiophene rings is 2. The SMILES string of the molecule is Cc1nn(C)c(C)c1S(=O)(=O)NCC(O)c1ccc(-c2cccs2)s1. The second kappa shape index (κ2) is 7.00. The van der Waals surface area contributed by atoms with Gasteiger partial charge in [-0.05, 0) is 37.4 Å². The van der Waals surface area contributed by atoms with Crippen LogP contribution in [0.3, 0.4) is 0 Å². The molecule has 0 aromatic carbocycles. The predicted octanol–water partition coefficient (Wildman–Crippen LogP) is 2.84. The number of sulfonamides is 1. The monoisotopic (exact) mass is 397 g/mol. The Kier molecular flexibility index (Phi) is 5.12. The summed E-state index contributed by atoms with van der Waals surface area (Å²) in [5.41, 5.74) is 1.01. The molecule has 0 saturated heterocycles. The second-order valence-electron chi connectivity index (χ2n) is 5.67. The van der Waals surface area contributed by atoms with Crippen molar-refractivity contribution < 1.29 is 13.5 Å². The molecule has 1 atom stereocenters. The highest BCUT2D eigenvalue weighted by Crippen LogP contribution is 2.34. The number of hydrogen-bond donors (Lipinski definition) is 2.